The van der Waals surface area contributed by atoms with E-state index in [4.69, 9.17) is 0 Å². The molecule has 114 valence electrons. The number of nitrogens with zero attached hydrogens (tertiary/aromatic N) is 3. The van der Waals surface area contributed by atoms with Gasteiger partial charge in [-0.1, -0.05) is 30.3 Å². The summed E-state index contributed by atoms with van der Waals surface area (Å²) in [6.07, 6.45) is 4.40. The van der Waals surface area contributed by atoms with Crippen LogP contribution in [0.4, 0.5) is 5.82 Å². The van der Waals surface area contributed by atoms with Gasteiger partial charge in [-0.15, -0.1) is 0 Å². The summed E-state index contributed by atoms with van der Waals surface area (Å²) < 4.78 is 0. The number of benzene rings is 1. The summed E-state index contributed by atoms with van der Waals surface area (Å²) in [6.45, 7) is 2.53. The Kier molecular flexibility index (Phi) is 4.63. The molecule has 1 saturated heterocycles. The second-order valence-electron chi connectivity index (χ2n) is 5.40. The molecule has 0 bridgehead atoms. The predicted octanol–water partition coefficient (Wildman–Crippen LogP) is 2.57. The van der Waals surface area contributed by atoms with Crippen molar-refractivity contribution in [3.8, 4) is 11.4 Å². The second-order valence-corrected chi connectivity index (χ2v) is 5.40. The molecule has 1 aliphatic rings. The van der Waals surface area contributed by atoms with Crippen LogP contribution < -0.4 is 5.32 Å². The molecule has 1 aliphatic heterocycles. The largest absolute Gasteiger partial charge is 0.370 e. The van der Waals surface area contributed by atoms with Crippen LogP contribution in [0.25, 0.3) is 11.4 Å². The molecule has 1 aromatic heterocycles. The molecule has 0 atom stereocenters. The number of carbonyl (C=O) groups is 1. The molecule has 1 amide bonds. The van der Waals surface area contributed by atoms with E-state index in [0.717, 1.165) is 49.7 Å². The quantitative estimate of drug-likeness (QED) is 0.832. The molecule has 5 nitrogen and oxygen atoms in total. The van der Waals surface area contributed by atoms with Crippen LogP contribution in [0.2, 0.25) is 0 Å². The van der Waals surface area contributed by atoms with E-state index >= 15 is 0 Å². The molecule has 0 aliphatic carbocycles. The van der Waals surface area contributed by atoms with Gasteiger partial charge in [-0.2, -0.15) is 0 Å². The van der Waals surface area contributed by atoms with E-state index in [2.05, 4.69) is 15.3 Å². The first-order chi connectivity index (χ1) is 10.8. The number of nitrogens with one attached hydrogen (secondary N) is 1. The third-order valence-electron chi connectivity index (χ3n) is 3.77. The average Bonchev–Trinajstić information content (AvgIpc) is 2.98. The zero-order valence-corrected chi connectivity index (χ0v) is 12.5. The third kappa shape index (κ3) is 3.61. The summed E-state index contributed by atoms with van der Waals surface area (Å²) in [4.78, 5) is 22.3. The Hall–Kier alpha value is -2.43. The molecular formula is C17H20N4O. The highest BCUT2D eigenvalue weighted by molar-refractivity contribution is 5.78. The first-order valence-electron chi connectivity index (χ1n) is 7.73. The molecule has 22 heavy (non-hydrogen) atoms. The number of hydrogen-bond donors (Lipinski definition) is 1. The van der Waals surface area contributed by atoms with Crippen molar-refractivity contribution in [1.29, 1.82) is 0 Å². The number of carbonyl (C=O) groups excluding carboxylic acids is 1. The van der Waals surface area contributed by atoms with Crippen molar-refractivity contribution in [2.24, 2.45) is 0 Å². The molecule has 0 saturated carbocycles. The maximum Gasteiger partial charge on any atom is 0.222 e. The molecule has 0 spiro atoms. The number of anilines is 1. The van der Waals surface area contributed by atoms with Gasteiger partial charge >= 0.3 is 0 Å². The van der Waals surface area contributed by atoms with Gasteiger partial charge in [0.2, 0.25) is 5.91 Å². The monoisotopic (exact) mass is 296 g/mol. The van der Waals surface area contributed by atoms with E-state index in [1.807, 2.05) is 41.3 Å². The SMILES string of the molecule is O=C1CCCN1CCCNc1ccnc(-c2ccccc2)n1. The molecule has 0 radical (unpaired) electrons. The number of rotatable bonds is 6. The fourth-order valence-corrected chi connectivity index (χ4v) is 2.61. The first-order valence-corrected chi connectivity index (χ1v) is 7.73. The highest BCUT2D eigenvalue weighted by Crippen LogP contribution is 2.15. The summed E-state index contributed by atoms with van der Waals surface area (Å²) >= 11 is 0. The van der Waals surface area contributed by atoms with Crippen molar-refractivity contribution in [3.63, 3.8) is 0 Å². The van der Waals surface area contributed by atoms with Crippen molar-refractivity contribution in [1.82, 2.24) is 14.9 Å². The predicted molar refractivity (Wildman–Crippen MR) is 86.4 cm³/mol. The van der Waals surface area contributed by atoms with Crippen molar-refractivity contribution in [2.75, 3.05) is 25.0 Å². The van der Waals surface area contributed by atoms with Gasteiger partial charge in [0, 0.05) is 37.8 Å². The number of hydrogen-bond acceptors (Lipinski definition) is 4. The van der Waals surface area contributed by atoms with Gasteiger partial charge in [0.25, 0.3) is 0 Å². The fraction of sp³-hybridized carbons (Fsp3) is 0.353. The molecular weight excluding hydrogens is 276 g/mol. The van der Waals surface area contributed by atoms with Gasteiger partial charge in [0.1, 0.15) is 5.82 Å². The summed E-state index contributed by atoms with van der Waals surface area (Å²) in [5.41, 5.74) is 1.01. The van der Waals surface area contributed by atoms with Gasteiger partial charge in [-0.3, -0.25) is 4.79 Å². The minimum atomic E-state index is 0.286. The minimum Gasteiger partial charge on any atom is -0.370 e. The van der Waals surface area contributed by atoms with Gasteiger partial charge < -0.3 is 10.2 Å². The Labute approximate surface area is 130 Å². The first kappa shape index (κ1) is 14.5. The molecule has 1 fully saturated rings. The van der Waals surface area contributed by atoms with Gasteiger partial charge in [-0.05, 0) is 18.9 Å². The molecule has 5 heteroatoms. The van der Waals surface area contributed by atoms with E-state index < -0.39 is 0 Å². The van der Waals surface area contributed by atoms with Crippen LogP contribution in [-0.4, -0.2) is 40.4 Å². The minimum absolute atomic E-state index is 0.286. The van der Waals surface area contributed by atoms with Crippen LogP contribution in [-0.2, 0) is 4.79 Å². The Morgan fingerprint density at radius 2 is 2.05 bits per heavy atom. The Bertz CT molecular complexity index is 630. The zero-order valence-electron chi connectivity index (χ0n) is 12.5. The van der Waals surface area contributed by atoms with Crippen LogP contribution in [0.5, 0.6) is 0 Å². The smallest absolute Gasteiger partial charge is 0.222 e. The Balaban J connectivity index is 1.52. The number of aromatic nitrogens is 2. The van der Waals surface area contributed by atoms with Crippen molar-refractivity contribution >= 4 is 11.7 Å². The van der Waals surface area contributed by atoms with E-state index in [-0.39, 0.29) is 5.91 Å². The Morgan fingerprint density at radius 3 is 2.82 bits per heavy atom. The number of amides is 1. The summed E-state index contributed by atoms with van der Waals surface area (Å²) in [5.74, 6) is 1.83. The maximum atomic E-state index is 11.5. The van der Waals surface area contributed by atoms with E-state index in [1.165, 1.54) is 0 Å². The maximum absolute atomic E-state index is 11.5. The third-order valence-corrected chi connectivity index (χ3v) is 3.77. The summed E-state index contributed by atoms with van der Waals surface area (Å²) in [5, 5.41) is 3.30. The molecule has 0 unspecified atom stereocenters. The fourth-order valence-electron chi connectivity index (χ4n) is 2.61. The molecule has 3 rings (SSSR count). The van der Waals surface area contributed by atoms with Crippen LogP contribution >= 0.6 is 0 Å². The normalized spacial score (nSPS) is 14.4. The average molecular weight is 296 g/mol. The molecule has 2 heterocycles. The molecule has 2 aromatic rings. The van der Waals surface area contributed by atoms with Gasteiger partial charge in [0.15, 0.2) is 5.82 Å². The highest BCUT2D eigenvalue weighted by Gasteiger charge is 2.18. The lowest BCUT2D eigenvalue weighted by atomic mass is 10.2. The van der Waals surface area contributed by atoms with Crippen LogP contribution in [0.3, 0.4) is 0 Å². The van der Waals surface area contributed by atoms with E-state index in [9.17, 15) is 4.79 Å². The lowest BCUT2D eigenvalue weighted by molar-refractivity contribution is -0.127. The molecule has 1 N–H and O–H groups in total. The molecule has 1 aromatic carbocycles. The standard InChI is InChI=1S/C17H20N4O/c22-16-8-4-12-21(16)13-5-10-18-15-9-11-19-17(20-15)14-6-2-1-3-7-14/h1-3,6-7,9,11H,4-5,8,10,12-13H2,(H,18,19,20). The van der Waals surface area contributed by atoms with Crippen LogP contribution in [0.15, 0.2) is 42.6 Å². The Morgan fingerprint density at radius 1 is 1.18 bits per heavy atom. The lowest BCUT2D eigenvalue weighted by Gasteiger charge is -2.15. The van der Waals surface area contributed by atoms with Crippen molar-refractivity contribution in [3.05, 3.63) is 42.6 Å². The van der Waals surface area contributed by atoms with Gasteiger partial charge in [-0.25, -0.2) is 9.97 Å². The number of likely N-dealkylation sites (tertiary alicyclic amines) is 1. The summed E-state index contributed by atoms with van der Waals surface area (Å²) in [7, 11) is 0. The second kappa shape index (κ2) is 7.02. The van der Waals surface area contributed by atoms with Gasteiger partial charge in [0.05, 0.1) is 0 Å². The van der Waals surface area contributed by atoms with E-state index in [0.29, 0.717) is 6.42 Å². The zero-order chi connectivity index (χ0) is 15.2. The lowest BCUT2D eigenvalue weighted by Crippen LogP contribution is -2.27. The van der Waals surface area contributed by atoms with Crippen LogP contribution in [0.1, 0.15) is 19.3 Å². The van der Waals surface area contributed by atoms with Crippen molar-refractivity contribution in [2.45, 2.75) is 19.3 Å². The highest BCUT2D eigenvalue weighted by atomic mass is 16.2. The summed E-state index contributed by atoms with van der Waals surface area (Å²) in [6, 6.07) is 11.8. The topological polar surface area (TPSA) is 58.1 Å². The van der Waals surface area contributed by atoms with Crippen molar-refractivity contribution < 1.29 is 4.79 Å². The van der Waals surface area contributed by atoms with Crippen LogP contribution in [0, 0.1) is 0 Å². The van der Waals surface area contributed by atoms with E-state index in [1.54, 1.807) is 6.20 Å².